The summed E-state index contributed by atoms with van der Waals surface area (Å²) in [7, 11) is 1.54. The number of phenolic OH excluding ortho intramolecular Hbond substituents is 1. The summed E-state index contributed by atoms with van der Waals surface area (Å²) in [6.07, 6.45) is 0.0382. The highest BCUT2D eigenvalue weighted by atomic mass is 19.4. The maximum absolute atomic E-state index is 13.3. The van der Waals surface area contributed by atoms with Gasteiger partial charge in [0, 0.05) is 35.7 Å². The van der Waals surface area contributed by atoms with Crippen LogP contribution >= 0.6 is 0 Å². The molecule has 12 heteroatoms. The molecule has 6 rings (SSSR count). The first-order valence-corrected chi connectivity index (χ1v) is 13.5. The van der Waals surface area contributed by atoms with Crippen LogP contribution in [0.4, 0.5) is 19.0 Å². The molecule has 0 spiro atoms. The molecule has 216 valence electrons. The molecule has 5 aromatic rings. The summed E-state index contributed by atoms with van der Waals surface area (Å²) >= 11 is 0. The Bertz CT molecular complexity index is 1760. The molecule has 2 N–H and O–H groups in total. The van der Waals surface area contributed by atoms with Gasteiger partial charge in [0.1, 0.15) is 29.3 Å². The number of aromatic nitrogens is 6. The monoisotopic (exact) mass is 575 g/mol. The van der Waals surface area contributed by atoms with E-state index in [9.17, 15) is 18.3 Å². The van der Waals surface area contributed by atoms with Gasteiger partial charge in [-0.3, -0.25) is 0 Å². The SMILES string of the molecule is COc1ncnc(C2CC2)c1-c1nc(NCc2ccc(-c3nc(C(F)(F)F)cn3C(C)C)cc2)c2cc(O)ccc2n1. The second-order valence-electron chi connectivity index (χ2n) is 10.5. The van der Waals surface area contributed by atoms with E-state index >= 15 is 0 Å². The van der Waals surface area contributed by atoms with Gasteiger partial charge in [-0.2, -0.15) is 13.2 Å². The molecule has 1 fully saturated rings. The van der Waals surface area contributed by atoms with Crippen LogP contribution in [0.2, 0.25) is 0 Å². The van der Waals surface area contributed by atoms with Crippen LogP contribution in [0, 0.1) is 0 Å². The van der Waals surface area contributed by atoms with Gasteiger partial charge in [0.25, 0.3) is 0 Å². The minimum atomic E-state index is -4.53. The molecule has 3 heterocycles. The lowest BCUT2D eigenvalue weighted by atomic mass is 10.1. The number of ether oxygens (including phenoxy) is 1. The molecule has 9 nitrogen and oxygen atoms in total. The van der Waals surface area contributed by atoms with Crippen molar-refractivity contribution in [3.8, 4) is 34.4 Å². The minimum Gasteiger partial charge on any atom is -0.508 e. The molecular weight excluding hydrogens is 547 g/mol. The lowest BCUT2D eigenvalue weighted by molar-refractivity contribution is -0.140. The molecule has 42 heavy (non-hydrogen) atoms. The van der Waals surface area contributed by atoms with Gasteiger partial charge in [0.15, 0.2) is 11.5 Å². The zero-order valence-electron chi connectivity index (χ0n) is 23.1. The quantitative estimate of drug-likeness (QED) is 0.209. The summed E-state index contributed by atoms with van der Waals surface area (Å²) in [4.78, 5) is 22.2. The topological polar surface area (TPSA) is 111 Å². The molecule has 0 bridgehead atoms. The molecule has 0 saturated heterocycles. The van der Waals surface area contributed by atoms with Crippen molar-refractivity contribution in [2.75, 3.05) is 12.4 Å². The van der Waals surface area contributed by atoms with E-state index in [2.05, 4.69) is 20.3 Å². The second-order valence-corrected chi connectivity index (χ2v) is 10.5. The molecule has 0 radical (unpaired) electrons. The number of imidazole rings is 1. The van der Waals surface area contributed by atoms with Crippen molar-refractivity contribution >= 4 is 16.7 Å². The highest BCUT2D eigenvalue weighted by Gasteiger charge is 2.35. The molecule has 1 aliphatic rings. The van der Waals surface area contributed by atoms with Gasteiger partial charge >= 0.3 is 6.18 Å². The van der Waals surface area contributed by atoms with Crippen molar-refractivity contribution in [2.24, 2.45) is 0 Å². The maximum Gasteiger partial charge on any atom is 0.434 e. The summed E-state index contributed by atoms with van der Waals surface area (Å²) in [5.41, 5.74) is 2.62. The van der Waals surface area contributed by atoms with Crippen molar-refractivity contribution in [1.82, 2.24) is 29.5 Å². The lowest BCUT2D eigenvalue weighted by Gasteiger charge is -2.15. The Balaban J connectivity index is 1.33. The number of hydrogen-bond donors (Lipinski definition) is 2. The summed E-state index contributed by atoms with van der Waals surface area (Å²) in [6, 6.07) is 11.8. The number of rotatable bonds is 8. The van der Waals surface area contributed by atoms with Crippen LogP contribution in [0.1, 0.15) is 55.6 Å². The zero-order valence-corrected chi connectivity index (χ0v) is 23.1. The van der Waals surface area contributed by atoms with Gasteiger partial charge < -0.3 is 19.7 Å². The van der Waals surface area contributed by atoms with Crippen molar-refractivity contribution in [3.63, 3.8) is 0 Å². The van der Waals surface area contributed by atoms with E-state index in [1.165, 1.54) is 10.9 Å². The molecule has 0 amide bonds. The predicted molar refractivity (Wildman–Crippen MR) is 151 cm³/mol. The Morgan fingerprint density at radius 2 is 1.81 bits per heavy atom. The van der Waals surface area contributed by atoms with E-state index in [0.717, 1.165) is 30.3 Å². The minimum absolute atomic E-state index is 0.0735. The van der Waals surface area contributed by atoms with E-state index in [1.54, 1.807) is 37.4 Å². The molecule has 1 saturated carbocycles. The second kappa shape index (κ2) is 10.6. The van der Waals surface area contributed by atoms with E-state index in [1.807, 2.05) is 26.0 Å². The number of aromatic hydroxyl groups is 1. The first-order chi connectivity index (χ1) is 20.1. The fourth-order valence-electron chi connectivity index (χ4n) is 4.87. The Kier molecular flexibility index (Phi) is 6.91. The fraction of sp³-hybridized carbons (Fsp3) is 0.300. The van der Waals surface area contributed by atoms with Crippen LogP contribution < -0.4 is 10.1 Å². The van der Waals surface area contributed by atoms with Gasteiger partial charge in [0.2, 0.25) is 5.88 Å². The van der Waals surface area contributed by atoms with Crippen molar-refractivity contribution < 1.29 is 23.0 Å². The van der Waals surface area contributed by atoms with Crippen molar-refractivity contribution in [1.29, 1.82) is 0 Å². The Morgan fingerprint density at radius 3 is 2.48 bits per heavy atom. The summed E-state index contributed by atoms with van der Waals surface area (Å²) in [6.45, 7) is 3.98. The number of alkyl halides is 3. The molecular formula is C30H28F3N7O2. The number of fused-ring (bicyclic) bond motifs is 1. The number of hydrogen-bond acceptors (Lipinski definition) is 8. The maximum atomic E-state index is 13.3. The highest BCUT2D eigenvalue weighted by molar-refractivity contribution is 5.92. The number of halogens is 3. The summed E-state index contributed by atoms with van der Waals surface area (Å²) in [5.74, 6) is 1.91. The van der Waals surface area contributed by atoms with Crippen LogP contribution in [-0.2, 0) is 12.7 Å². The number of nitrogens with one attached hydrogen (secondary N) is 1. The fourth-order valence-corrected chi connectivity index (χ4v) is 4.87. The summed E-state index contributed by atoms with van der Waals surface area (Å²) in [5, 5.41) is 14.1. The standard InChI is InChI=1S/C30H28F3N7O2/c1-16(2)40-14-23(30(31,32)33)38-28(40)19-6-4-17(5-7-19)13-34-26-21-12-20(41)10-11-22(21)37-27(39-26)24-25(18-8-9-18)35-15-36-29(24)42-3/h4-7,10-12,14-16,18,41H,8-9,13H2,1-3H3,(H,34,37,39). The highest BCUT2D eigenvalue weighted by Crippen LogP contribution is 2.45. The van der Waals surface area contributed by atoms with Gasteiger partial charge in [-0.25, -0.2) is 24.9 Å². The number of benzene rings is 2. The van der Waals surface area contributed by atoms with Gasteiger partial charge in [-0.15, -0.1) is 0 Å². The number of methoxy groups -OCH3 is 1. The molecule has 0 atom stereocenters. The third-order valence-corrected chi connectivity index (χ3v) is 7.15. The smallest absolute Gasteiger partial charge is 0.434 e. The molecule has 1 aliphatic carbocycles. The Hall–Kier alpha value is -4.74. The van der Waals surface area contributed by atoms with Gasteiger partial charge in [-0.1, -0.05) is 24.3 Å². The van der Waals surface area contributed by atoms with Gasteiger partial charge in [0.05, 0.1) is 18.3 Å². The van der Waals surface area contributed by atoms with E-state index < -0.39 is 11.9 Å². The van der Waals surface area contributed by atoms with E-state index in [4.69, 9.17) is 14.7 Å². The normalized spacial score (nSPS) is 13.6. The van der Waals surface area contributed by atoms with Crippen LogP contribution in [0.15, 0.2) is 55.0 Å². The number of phenols is 1. The van der Waals surface area contributed by atoms with Crippen LogP contribution in [-0.4, -0.2) is 41.7 Å². The largest absolute Gasteiger partial charge is 0.508 e. The van der Waals surface area contributed by atoms with Gasteiger partial charge in [-0.05, 0) is 50.5 Å². The lowest BCUT2D eigenvalue weighted by Crippen LogP contribution is -2.07. The number of nitrogens with zero attached hydrogens (tertiary/aromatic N) is 6. The predicted octanol–water partition coefficient (Wildman–Crippen LogP) is 6.75. The average molecular weight is 576 g/mol. The zero-order chi connectivity index (χ0) is 29.6. The molecule has 3 aromatic heterocycles. The third kappa shape index (κ3) is 5.31. The summed E-state index contributed by atoms with van der Waals surface area (Å²) < 4.78 is 47.1. The average Bonchev–Trinajstić information content (AvgIpc) is 3.71. The van der Waals surface area contributed by atoms with Crippen LogP contribution in [0.5, 0.6) is 11.6 Å². The van der Waals surface area contributed by atoms with Crippen molar-refractivity contribution in [2.45, 2.75) is 51.4 Å². The van der Waals surface area contributed by atoms with E-state index in [0.29, 0.717) is 52.0 Å². The van der Waals surface area contributed by atoms with Crippen LogP contribution in [0.25, 0.3) is 33.7 Å². The first kappa shape index (κ1) is 27.4. The molecule has 0 aliphatic heterocycles. The molecule has 2 aromatic carbocycles. The first-order valence-electron chi connectivity index (χ1n) is 13.5. The van der Waals surface area contributed by atoms with Crippen LogP contribution in [0.3, 0.4) is 0 Å². The number of anilines is 1. The van der Waals surface area contributed by atoms with Crippen molar-refractivity contribution in [3.05, 3.63) is 71.9 Å². The third-order valence-electron chi connectivity index (χ3n) is 7.15. The van der Waals surface area contributed by atoms with E-state index in [-0.39, 0.29) is 17.6 Å². The Labute approximate surface area is 239 Å². The molecule has 0 unspecified atom stereocenters. The Morgan fingerprint density at radius 1 is 1.05 bits per heavy atom.